The molecule has 3 aromatic rings. The van der Waals surface area contributed by atoms with E-state index in [9.17, 15) is 9.59 Å². The Bertz CT molecular complexity index is 1000. The Morgan fingerprint density at radius 2 is 1.96 bits per heavy atom. The van der Waals surface area contributed by atoms with Crippen LogP contribution in [0.15, 0.2) is 65.2 Å². The Labute approximate surface area is 166 Å². The van der Waals surface area contributed by atoms with Crippen molar-refractivity contribution in [3.8, 4) is 11.3 Å². The van der Waals surface area contributed by atoms with Gasteiger partial charge in [-0.2, -0.15) is 0 Å². The SMILES string of the molecule is Cc1cccc(NC(=O)C2CSCN2C(=O)c2cc(-c3ccccc3)no2)c1. The predicted molar refractivity (Wildman–Crippen MR) is 109 cm³/mol. The zero-order valence-corrected chi connectivity index (χ0v) is 16.1. The lowest BCUT2D eigenvalue weighted by atomic mass is 10.1. The van der Waals surface area contributed by atoms with Crippen LogP contribution in [0.25, 0.3) is 11.3 Å². The summed E-state index contributed by atoms with van der Waals surface area (Å²) >= 11 is 1.54. The molecule has 2 amide bonds. The van der Waals surface area contributed by atoms with Crippen molar-refractivity contribution in [1.29, 1.82) is 0 Å². The molecule has 28 heavy (non-hydrogen) atoms. The summed E-state index contributed by atoms with van der Waals surface area (Å²) in [5, 5.41) is 6.90. The zero-order valence-electron chi connectivity index (χ0n) is 15.3. The third-order valence-corrected chi connectivity index (χ3v) is 5.53. The number of aromatic nitrogens is 1. The van der Waals surface area contributed by atoms with Gasteiger partial charge in [0, 0.05) is 23.1 Å². The first-order chi connectivity index (χ1) is 13.6. The maximum Gasteiger partial charge on any atom is 0.293 e. The molecule has 6 nitrogen and oxygen atoms in total. The first kappa shape index (κ1) is 18.3. The van der Waals surface area contributed by atoms with Gasteiger partial charge in [-0.15, -0.1) is 11.8 Å². The van der Waals surface area contributed by atoms with Crippen molar-refractivity contribution >= 4 is 29.3 Å². The van der Waals surface area contributed by atoms with E-state index in [1.165, 1.54) is 4.90 Å². The number of nitrogens with zero attached hydrogens (tertiary/aromatic N) is 2. The highest BCUT2D eigenvalue weighted by Crippen LogP contribution is 2.26. The molecule has 1 aliphatic heterocycles. The second-order valence-electron chi connectivity index (χ2n) is 6.59. The van der Waals surface area contributed by atoms with Crippen molar-refractivity contribution < 1.29 is 14.1 Å². The molecule has 4 rings (SSSR count). The van der Waals surface area contributed by atoms with Crippen LogP contribution in [0.2, 0.25) is 0 Å². The highest BCUT2D eigenvalue weighted by molar-refractivity contribution is 7.99. The molecular formula is C21H19N3O3S. The molecule has 0 aliphatic carbocycles. The number of thioether (sulfide) groups is 1. The van der Waals surface area contributed by atoms with Gasteiger partial charge in [0.1, 0.15) is 11.7 Å². The molecule has 0 bridgehead atoms. The summed E-state index contributed by atoms with van der Waals surface area (Å²) < 4.78 is 5.27. The molecule has 0 spiro atoms. The molecule has 1 atom stereocenters. The normalized spacial score (nSPS) is 16.2. The number of rotatable bonds is 4. The second kappa shape index (κ2) is 7.90. The van der Waals surface area contributed by atoms with Gasteiger partial charge in [0.05, 0.1) is 5.88 Å². The smallest absolute Gasteiger partial charge is 0.293 e. The van der Waals surface area contributed by atoms with E-state index in [0.717, 1.165) is 16.8 Å². The number of amides is 2. The summed E-state index contributed by atoms with van der Waals surface area (Å²) in [4.78, 5) is 27.2. The molecule has 1 unspecified atom stereocenters. The first-order valence-corrected chi connectivity index (χ1v) is 10.1. The average molecular weight is 393 g/mol. The highest BCUT2D eigenvalue weighted by atomic mass is 32.2. The summed E-state index contributed by atoms with van der Waals surface area (Å²) in [6, 6.07) is 18.2. The molecule has 1 saturated heterocycles. The van der Waals surface area contributed by atoms with Crippen molar-refractivity contribution in [2.75, 3.05) is 16.9 Å². The predicted octanol–water partition coefficient (Wildman–Crippen LogP) is 3.80. The molecule has 1 fully saturated rings. The van der Waals surface area contributed by atoms with Crippen LogP contribution in [0.3, 0.4) is 0 Å². The number of nitrogens with one attached hydrogen (secondary N) is 1. The fourth-order valence-corrected chi connectivity index (χ4v) is 4.22. The van der Waals surface area contributed by atoms with Gasteiger partial charge in [-0.1, -0.05) is 47.6 Å². The third-order valence-electron chi connectivity index (χ3n) is 4.52. The molecule has 2 heterocycles. The fourth-order valence-electron chi connectivity index (χ4n) is 3.07. The van der Waals surface area contributed by atoms with Crippen LogP contribution in [0.5, 0.6) is 0 Å². The van der Waals surface area contributed by atoms with E-state index in [0.29, 0.717) is 17.3 Å². The van der Waals surface area contributed by atoms with Gasteiger partial charge in [-0.05, 0) is 24.6 Å². The van der Waals surface area contributed by atoms with Crippen LogP contribution in [-0.4, -0.2) is 39.5 Å². The molecule has 1 aliphatic rings. The molecule has 7 heteroatoms. The summed E-state index contributed by atoms with van der Waals surface area (Å²) in [6.45, 7) is 1.96. The third kappa shape index (κ3) is 3.80. The summed E-state index contributed by atoms with van der Waals surface area (Å²) in [5.74, 6) is 0.584. The summed E-state index contributed by atoms with van der Waals surface area (Å²) in [6.07, 6.45) is 0. The van der Waals surface area contributed by atoms with Crippen LogP contribution < -0.4 is 5.32 Å². The molecular weight excluding hydrogens is 374 g/mol. The van der Waals surface area contributed by atoms with E-state index in [2.05, 4.69) is 10.5 Å². The van der Waals surface area contributed by atoms with Crippen LogP contribution in [0, 0.1) is 6.92 Å². The Kier molecular flexibility index (Phi) is 5.16. The summed E-state index contributed by atoms with van der Waals surface area (Å²) in [7, 11) is 0. The van der Waals surface area contributed by atoms with Crippen molar-refractivity contribution in [3.63, 3.8) is 0 Å². The maximum absolute atomic E-state index is 12.9. The Hall–Kier alpha value is -3.06. The van der Waals surface area contributed by atoms with Crippen LogP contribution in [0.4, 0.5) is 5.69 Å². The van der Waals surface area contributed by atoms with Crippen LogP contribution in [0.1, 0.15) is 16.1 Å². The number of benzene rings is 2. The molecule has 0 radical (unpaired) electrons. The Morgan fingerprint density at radius 1 is 1.14 bits per heavy atom. The molecule has 2 aromatic carbocycles. The van der Waals surface area contributed by atoms with Crippen LogP contribution in [-0.2, 0) is 4.79 Å². The van der Waals surface area contributed by atoms with E-state index in [1.54, 1.807) is 17.8 Å². The van der Waals surface area contributed by atoms with Gasteiger partial charge in [0.15, 0.2) is 0 Å². The van der Waals surface area contributed by atoms with Crippen molar-refractivity contribution in [2.45, 2.75) is 13.0 Å². The largest absolute Gasteiger partial charge is 0.350 e. The topological polar surface area (TPSA) is 75.4 Å². The van der Waals surface area contributed by atoms with Crippen molar-refractivity contribution in [1.82, 2.24) is 10.1 Å². The Balaban J connectivity index is 1.49. The summed E-state index contributed by atoms with van der Waals surface area (Å²) in [5.41, 5.74) is 3.24. The van der Waals surface area contributed by atoms with Crippen molar-refractivity contribution in [2.24, 2.45) is 0 Å². The monoisotopic (exact) mass is 393 g/mol. The van der Waals surface area contributed by atoms with E-state index in [1.807, 2.05) is 61.5 Å². The minimum atomic E-state index is -0.553. The van der Waals surface area contributed by atoms with Gasteiger partial charge in [0.25, 0.3) is 5.91 Å². The number of anilines is 1. The zero-order chi connectivity index (χ0) is 19.5. The number of aryl methyl sites for hydroxylation is 1. The maximum atomic E-state index is 12.9. The number of hydrogen-bond donors (Lipinski definition) is 1. The lowest BCUT2D eigenvalue weighted by Gasteiger charge is -2.21. The Morgan fingerprint density at radius 3 is 2.75 bits per heavy atom. The van der Waals surface area contributed by atoms with E-state index in [4.69, 9.17) is 4.52 Å². The lowest BCUT2D eigenvalue weighted by molar-refractivity contribution is -0.119. The highest BCUT2D eigenvalue weighted by Gasteiger charge is 2.36. The van der Waals surface area contributed by atoms with Gasteiger partial charge < -0.3 is 14.7 Å². The standard InChI is InChI=1S/C21H19N3O3S/c1-14-6-5-9-16(10-14)22-20(25)18-12-28-13-24(18)21(26)19-11-17(23-27-19)15-7-3-2-4-8-15/h2-11,18H,12-13H2,1H3,(H,22,25). The average Bonchev–Trinajstić information content (AvgIpc) is 3.38. The molecule has 142 valence electrons. The quantitative estimate of drug-likeness (QED) is 0.730. The number of carbonyl (C=O) groups excluding carboxylic acids is 2. The van der Waals surface area contributed by atoms with Crippen molar-refractivity contribution in [3.05, 3.63) is 72.0 Å². The minimum Gasteiger partial charge on any atom is -0.350 e. The molecule has 1 aromatic heterocycles. The van der Waals surface area contributed by atoms with E-state index in [-0.39, 0.29) is 17.6 Å². The lowest BCUT2D eigenvalue weighted by Crippen LogP contribution is -2.44. The number of hydrogen-bond acceptors (Lipinski definition) is 5. The molecule has 1 N–H and O–H groups in total. The second-order valence-corrected chi connectivity index (χ2v) is 7.59. The minimum absolute atomic E-state index is 0.134. The van der Waals surface area contributed by atoms with Crippen LogP contribution >= 0.6 is 11.8 Å². The first-order valence-electron chi connectivity index (χ1n) is 8.90. The van der Waals surface area contributed by atoms with Gasteiger partial charge >= 0.3 is 0 Å². The number of carbonyl (C=O) groups is 2. The van der Waals surface area contributed by atoms with Gasteiger partial charge in [-0.25, -0.2) is 0 Å². The molecule has 0 saturated carbocycles. The van der Waals surface area contributed by atoms with Gasteiger partial charge in [0.2, 0.25) is 11.7 Å². The fraction of sp³-hybridized carbons (Fsp3) is 0.190. The van der Waals surface area contributed by atoms with Gasteiger partial charge in [-0.3, -0.25) is 9.59 Å². The van der Waals surface area contributed by atoms with E-state index >= 15 is 0 Å². The van der Waals surface area contributed by atoms with E-state index < -0.39 is 6.04 Å².